The second-order valence-corrected chi connectivity index (χ2v) is 11.1. The first-order valence-corrected chi connectivity index (χ1v) is 12.5. The predicted octanol–water partition coefficient (Wildman–Crippen LogP) is 1.76. The Morgan fingerprint density at radius 3 is 2.23 bits per heavy atom. The monoisotopic (exact) mass is 473 g/mol. The van der Waals surface area contributed by atoms with Crippen molar-refractivity contribution in [2.75, 3.05) is 40.3 Å². The first-order valence-electron chi connectivity index (χ1n) is 9.24. The molecule has 164 valence electrons. The van der Waals surface area contributed by atoms with Crippen molar-refractivity contribution in [3.63, 3.8) is 0 Å². The van der Waals surface area contributed by atoms with Crippen LogP contribution in [0.25, 0.3) is 0 Å². The quantitative estimate of drug-likeness (QED) is 0.658. The van der Waals surface area contributed by atoms with Crippen molar-refractivity contribution < 1.29 is 21.6 Å². The molecule has 1 aliphatic rings. The molecule has 8 nitrogen and oxygen atoms in total. The van der Waals surface area contributed by atoms with E-state index in [4.69, 9.17) is 16.3 Å². The number of hydrogen-bond acceptors (Lipinski definition) is 6. The number of halogens is 1. The lowest BCUT2D eigenvalue weighted by Crippen LogP contribution is -2.47. The molecule has 1 heterocycles. The Kier molecular flexibility index (Phi) is 7.05. The standard InChI is InChI=1S/C19H24ClN3O5S2/c1-22-9-11-23(12-10-22)30(26,27)17-6-3-15(4-7-17)14-21-29(24,25)19-13-16(20)5-8-18(19)28-2/h3-8,13,21H,9-12,14H2,1-2H3. The van der Waals surface area contributed by atoms with Crippen LogP contribution < -0.4 is 9.46 Å². The summed E-state index contributed by atoms with van der Waals surface area (Å²) in [5.74, 6) is 0.181. The highest BCUT2D eigenvalue weighted by atomic mass is 35.5. The van der Waals surface area contributed by atoms with Gasteiger partial charge in [-0.3, -0.25) is 0 Å². The van der Waals surface area contributed by atoms with Gasteiger partial charge >= 0.3 is 0 Å². The molecule has 0 spiro atoms. The summed E-state index contributed by atoms with van der Waals surface area (Å²) >= 11 is 5.92. The Morgan fingerprint density at radius 2 is 1.63 bits per heavy atom. The molecule has 0 amide bonds. The number of sulfonamides is 2. The Hall–Kier alpha value is -1.69. The smallest absolute Gasteiger partial charge is 0.244 e. The van der Waals surface area contributed by atoms with E-state index in [0.29, 0.717) is 31.7 Å². The van der Waals surface area contributed by atoms with Crippen molar-refractivity contribution in [3.05, 3.63) is 53.1 Å². The van der Waals surface area contributed by atoms with Gasteiger partial charge in [0.05, 0.1) is 12.0 Å². The molecule has 0 aliphatic carbocycles. The summed E-state index contributed by atoms with van der Waals surface area (Å²) in [6.07, 6.45) is 0. The van der Waals surface area contributed by atoms with Gasteiger partial charge in [0.1, 0.15) is 10.6 Å². The van der Waals surface area contributed by atoms with Crippen molar-refractivity contribution in [3.8, 4) is 5.75 Å². The Bertz CT molecular complexity index is 1100. The molecule has 1 saturated heterocycles. The van der Waals surface area contributed by atoms with E-state index in [-0.39, 0.29) is 27.1 Å². The van der Waals surface area contributed by atoms with Crippen LogP contribution in [-0.4, -0.2) is 66.4 Å². The van der Waals surface area contributed by atoms with E-state index in [0.717, 1.165) is 0 Å². The van der Waals surface area contributed by atoms with Crippen molar-refractivity contribution in [1.82, 2.24) is 13.9 Å². The van der Waals surface area contributed by atoms with Crippen LogP contribution in [0.5, 0.6) is 5.75 Å². The first-order chi connectivity index (χ1) is 14.1. The van der Waals surface area contributed by atoms with Gasteiger partial charge in [-0.1, -0.05) is 23.7 Å². The summed E-state index contributed by atoms with van der Waals surface area (Å²) in [7, 11) is -4.11. The summed E-state index contributed by atoms with van der Waals surface area (Å²) in [5, 5.41) is 0.273. The normalized spacial score (nSPS) is 16.5. The van der Waals surface area contributed by atoms with Gasteiger partial charge in [-0.25, -0.2) is 21.6 Å². The minimum absolute atomic E-state index is 0.00711. The highest BCUT2D eigenvalue weighted by Crippen LogP contribution is 2.27. The predicted molar refractivity (Wildman–Crippen MR) is 115 cm³/mol. The number of hydrogen-bond donors (Lipinski definition) is 1. The van der Waals surface area contributed by atoms with E-state index in [1.54, 1.807) is 18.2 Å². The molecule has 1 fully saturated rings. The van der Waals surface area contributed by atoms with Crippen molar-refractivity contribution in [2.24, 2.45) is 0 Å². The molecular formula is C19H24ClN3O5S2. The lowest BCUT2D eigenvalue weighted by atomic mass is 10.2. The minimum atomic E-state index is -3.88. The third kappa shape index (κ3) is 5.13. The number of rotatable bonds is 7. The van der Waals surface area contributed by atoms with Crippen LogP contribution in [-0.2, 0) is 26.6 Å². The SMILES string of the molecule is COc1ccc(Cl)cc1S(=O)(=O)NCc1ccc(S(=O)(=O)N2CCN(C)CC2)cc1. The average molecular weight is 474 g/mol. The van der Waals surface area contributed by atoms with Crippen LogP contribution in [0, 0.1) is 0 Å². The van der Waals surface area contributed by atoms with E-state index in [1.165, 1.54) is 35.7 Å². The van der Waals surface area contributed by atoms with Crippen molar-refractivity contribution in [2.45, 2.75) is 16.3 Å². The second-order valence-electron chi connectivity index (χ2n) is 6.97. The number of piperazine rings is 1. The van der Waals surface area contributed by atoms with Gasteiger partial charge in [0.25, 0.3) is 0 Å². The van der Waals surface area contributed by atoms with Gasteiger partial charge in [0, 0.05) is 37.7 Å². The van der Waals surface area contributed by atoms with Crippen molar-refractivity contribution >= 4 is 31.6 Å². The number of methoxy groups -OCH3 is 1. The fourth-order valence-corrected chi connectivity index (χ4v) is 5.94. The summed E-state index contributed by atoms with van der Waals surface area (Å²) in [5.41, 5.74) is 0.622. The third-order valence-corrected chi connectivity index (χ3v) is 8.48. The van der Waals surface area contributed by atoms with Crippen LogP contribution in [0.4, 0.5) is 0 Å². The number of benzene rings is 2. The number of nitrogens with zero attached hydrogens (tertiary/aromatic N) is 2. The van der Waals surface area contributed by atoms with Crippen LogP contribution in [0.15, 0.2) is 52.3 Å². The molecule has 0 unspecified atom stereocenters. The van der Waals surface area contributed by atoms with Crippen LogP contribution in [0.3, 0.4) is 0 Å². The molecule has 0 atom stereocenters. The van der Waals surface area contributed by atoms with Gasteiger partial charge in [0.2, 0.25) is 20.0 Å². The second kappa shape index (κ2) is 9.21. The van der Waals surface area contributed by atoms with Gasteiger partial charge in [-0.05, 0) is 42.9 Å². The summed E-state index contributed by atoms with van der Waals surface area (Å²) in [6, 6.07) is 10.5. The highest BCUT2D eigenvalue weighted by molar-refractivity contribution is 7.89. The molecule has 11 heteroatoms. The Labute approximate surface area is 182 Å². The van der Waals surface area contributed by atoms with E-state index in [9.17, 15) is 16.8 Å². The molecule has 1 aliphatic heterocycles. The van der Waals surface area contributed by atoms with Gasteiger partial charge in [-0.15, -0.1) is 0 Å². The molecular weight excluding hydrogens is 450 g/mol. The van der Waals surface area contributed by atoms with Crippen molar-refractivity contribution in [1.29, 1.82) is 0 Å². The third-order valence-electron chi connectivity index (χ3n) is 4.90. The summed E-state index contributed by atoms with van der Waals surface area (Å²) in [4.78, 5) is 2.21. The zero-order valence-corrected chi connectivity index (χ0v) is 19.1. The maximum atomic E-state index is 12.8. The maximum absolute atomic E-state index is 12.8. The van der Waals surface area contributed by atoms with Gasteiger partial charge in [-0.2, -0.15) is 4.31 Å². The van der Waals surface area contributed by atoms with E-state index < -0.39 is 20.0 Å². The zero-order chi connectivity index (χ0) is 21.9. The molecule has 1 N–H and O–H groups in total. The molecule has 0 saturated carbocycles. The maximum Gasteiger partial charge on any atom is 0.244 e. The zero-order valence-electron chi connectivity index (χ0n) is 16.7. The fraction of sp³-hybridized carbons (Fsp3) is 0.368. The van der Waals surface area contributed by atoms with Crippen LogP contribution >= 0.6 is 11.6 Å². The number of likely N-dealkylation sites (N-methyl/N-ethyl adjacent to an activating group) is 1. The lowest BCUT2D eigenvalue weighted by molar-refractivity contribution is 0.222. The van der Waals surface area contributed by atoms with E-state index >= 15 is 0 Å². The van der Waals surface area contributed by atoms with Gasteiger partial charge < -0.3 is 9.64 Å². The topological polar surface area (TPSA) is 96.0 Å². The molecule has 3 rings (SSSR count). The van der Waals surface area contributed by atoms with E-state index in [1.807, 2.05) is 7.05 Å². The minimum Gasteiger partial charge on any atom is -0.495 e. The van der Waals surface area contributed by atoms with E-state index in [2.05, 4.69) is 9.62 Å². The molecule has 0 aromatic heterocycles. The molecule has 2 aromatic carbocycles. The fourth-order valence-electron chi connectivity index (χ4n) is 3.07. The summed E-state index contributed by atoms with van der Waals surface area (Å²) < 4.78 is 59.9. The molecule has 30 heavy (non-hydrogen) atoms. The average Bonchev–Trinajstić information content (AvgIpc) is 2.73. The highest BCUT2D eigenvalue weighted by Gasteiger charge is 2.27. The molecule has 2 aromatic rings. The summed E-state index contributed by atoms with van der Waals surface area (Å²) in [6.45, 7) is 2.26. The lowest BCUT2D eigenvalue weighted by Gasteiger charge is -2.31. The largest absolute Gasteiger partial charge is 0.495 e. The van der Waals surface area contributed by atoms with Crippen LogP contribution in [0.1, 0.15) is 5.56 Å². The molecule has 0 bridgehead atoms. The Morgan fingerprint density at radius 1 is 1.00 bits per heavy atom. The Balaban J connectivity index is 1.71. The number of nitrogens with one attached hydrogen (secondary N) is 1. The van der Waals surface area contributed by atoms with Gasteiger partial charge in [0.15, 0.2) is 0 Å². The number of ether oxygens (including phenoxy) is 1. The molecule has 0 radical (unpaired) electrons. The van der Waals surface area contributed by atoms with Crippen LogP contribution in [0.2, 0.25) is 5.02 Å². The first kappa shape index (κ1) is 23.0.